The molecule has 0 bridgehead atoms. The molecule has 1 saturated heterocycles. The van der Waals surface area contributed by atoms with Crippen LogP contribution in [0.4, 0.5) is 23.7 Å². The van der Waals surface area contributed by atoms with E-state index in [-0.39, 0.29) is 25.9 Å². The second kappa shape index (κ2) is 9.82. The molecule has 0 aliphatic carbocycles. The van der Waals surface area contributed by atoms with Crippen LogP contribution in [0.3, 0.4) is 0 Å². The van der Waals surface area contributed by atoms with Crippen LogP contribution in [0.5, 0.6) is 0 Å². The molecule has 11 heteroatoms. The van der Waals surface area contributed by atoms with Crippen molar-refractivity contribution in [1.29, 1.82) is 0 Å². The van der Waals surface area contributed by atoms with Crippen LogP contribution in [0, 0.1) is 12.8 Å². The lowest BCUT2D eigenvalue weighted by atomic mass is 9.97. The van der Waals surface area contributed by atoms with E-state index in [0.717, 1.165) is 4.90 Å². The number of nitrogens with zero attached hydrogens (tertiary/aromatic N) is 1. The molecule has 1 aromatic rings. The SMILES string of the molecule is Cc1c(Cl)cccc1NC(=O)COC(=O)C1CCN(C(=O)OCC(F)(F)F)CC1. The number of esters is 1. The smallest absolute Gasteiger partial charge is 0.422 e. The Labute approximate surface area is 170 Å². The average Bonchev–Trinajstić information content (AvgIpc) is 2.67. The monoisotopic (exact) mass is 436 g/mol. The lowest BCUT2D eigenvalue weighted by molar-refractivity contribution is -0.163. The molecule has 0 saturated carbocycles. The molecule has 0 atom stereocenters. The van der Waals surface area contributed by atoms with Crippen LogP contribution in [0.15, 0.2) is 18.2 Å². The predicted molar refractivity (Wildman–Crippen MR) is 97.5 cm³/mol. The summed E-state index contributed by atoms with van der Waals surface area (Å²) in [6.07, 6.45) is -5.27. The normalized spacial score (nSPS) is 15.0. The second-order valence-electron chi connectivity index (χ2n) is 6.50. The van der Waals surface area contributed by atoms with E-state index in [4.69, 9.17) is 16.3 Å². The second-order valence-corrected chi connectivity index (χ2v) is 6.91. The van der Waals surface area contributed by atoms with Crippen LogP contribution in [0.2, 0.25) is 5.02 Å². The van der Waals surface area contributed by atoms with Gasteiger partial charge < -0.3 is 19.7 Å². The highest BCUT2D eigenvalue weighted by Gasteiger charge is 2.33. The van der Waals surface area contributed by atoms with Crippen molar-refractivity contribution in [3.63, 3.8) is 0 Å². The van der Waals surface area contributed by atoms with Crippen LogP contribution in [-0.4, -0.2) is 55.3 Å². The average molecular weight is 437 g/mol. The van der Waals surface area contributed by atoms with Gasteiger partial charge in [-0.1, -0.05) is 17.7 Å². The zero-order valence-corrected chi connectivity index (χ0v) is 16.3. The fraction of sp³-hybridized carbons (Fsp3) is 0.500. The summed E-state index contributed by atoms with van der Waals surface area (Å²) in [7, 11) is 0. The largest absolute Gasteiger partial charge is 0.455 e. The molecule has 2 amide bonds. The van der Waals surface area contributed by atoms with Crippen molar-refractivity contribution in [3.8, 4) is 0 Å². The molecule has 1 aliphatic rings. The van der Waals surface area contributed by atoms with E-state index in [9.17, 15) is 27.6 Å². The fourth-order valence-electron chi connectivity index (χ4n) is 2.72. The lowest BCUT2D eigenvalue weighted by Crippen LogP contribution is -2.42. The van der Waals surface area contributed by atoms with Crippen LogP contribution in [0.25, 0.3) is 0 Å². The molecule has 1 fully saturated rings. The van der Waals surface area contributed by atoms with Crippen molar-refractivity contribution >= 4 is 35.3 Å². The fourth-order valence-corrected chi connectivity index (χ4v) is 2.89. The van der Waals surface area contributed by atoms with Crippen molar-refractivity contribution in [2.75, 3.05) is 31.6 Å². The quantitative estimate of drug-likeness (QED) is 0.714. The van der Waals surface area contributed by atoms with Gasteiger partial charge in [0.15, 0.2) is 13.2 Å². The van der Waals surface area contributed by atoms with Crippen LogP contribution in [-0.2, 0) is 19.1 Å². The summed E-state index contributed by atoms with van der Waals surface area (Å²) in [4.78, 5) is 36.8. The number of hydrogen-bond donors (Lipinski definition) is 1. The first-order chi connectivity index (χ1) is 13.6. The third-order valence-electron chi connectivity index (χ3n) is 4.33. The third kappa shape index (κ3) is 7.12. The number of rotatable bonds is 5. The van der Waals surface area contributed by atoms with Gasteiger partial charge in [-0.2, -0.15) is 13.2 Å². The highest BCUT2D eigenvalue weighted by atomic mass is 35.5. The first-order valence-corrected chi connectivity index (χ1v) is 9.14. The van der Waals surface area contributed by atoms with E-state index in [2.05, 4.69) is 10.1 Å². The number of carbonyl (C=O) groups is 3. The van der Waals surface area contributed by atoms with E-state index in [1.807, 2.05) is 0 Å². The number of alkyl halides is 3. The van der Waals surface area contributed by atoms with Gasteiger partial charge in [-0.05, 0) is 37.5 Å². The molecule has 2 rings (SSSR count). The zero-order chi connectivity index (χ0) is 21.6. The summed E-state index contributed by atoms with van der Waals surface area (Å²) in [5.74, 6) is -1.69. The van der Waals surface area contributed by atoms with Gasteiger partial charge in [0.1, 0.15) is 0 Å². The van der Waals surface area contributed by atoms with Crippen molar-refractivity contribution in [3.05, 3.63) is 28.8 Å². The number of benzene rings is 1. The summed E-state index contributed by atoms with van der Waals surface area (Å²) < 4.78 is 45.4. The number of amides is 2. The van der Waals surface area contributed by atoms with Crippen molar-refractivity contribution in [2.45, 2.75) is 25.9 Å². The molecule has 1 aliphatic heterocycles. The number of hydrogen-bond acceptors (Lipinski definition) is 5. The summed E-state index contributed by atoms with van der Waals surface area (Å²) in [5.41, 5.74) is 1.18. The highest BCUT2D eigenvalue weighted by Crippen LogP contribution is 2.23. The molecule has 1 N–H and O–H groups in total. The van der Waals surface area contributed by atoms with Gasteiger partial charge in [-0.15, -0.1) is 0 Å². The van der Waals surface area contributed by atoms with Crippen molar-refractivity contribution in [1.82, 2.24) is 4.90 Å². The molecule has 0 radical (unpaired) electrons. The van der Waals surface area contributed by atoms with Gasteiger partial charge in [0.25, 0.3) is 5.91 Å². The Hall–Kier alpha value is -2.49. The molecule has 0 aromatic heterocycles. The minimum Gasteiger partial charge on any atom is -0.455 e. The number of halogens is 4. The van der Waals surface area contributed by atoms with E-state index >= 15 is 0 Å². The maximum Gasteiger partial charge on any atom is 0.422 e. The van der Waals surface area contributed by atoms with E-state index < -0.39 is 43.3 Å². The Bertz CT molecular complexity index is 764. The molecule has 29 heavy (non-hydrogen) atoms. The van der Waals surface area contributed by atoms with Gasteiger partial charge in [-0.25, -0.2) is 4.79 Å². The number of anilines is 1. The Morgan fingerprint density at radius 2 is 1.86 bits per heavy atom. The number of nitrogens with one attached hydrogen (secondary N) is 1. The number of carbonyl (C=O) groups excluding carboxylic acids is 3. The molecule has 7 nitrogen and oxygen atoms in total. The van der Waals surface area contributed by atoms with Crippen molar-refractivity contribution < 1.29 is 37.0 Å². The van der Waals surface area contributed by atoms with E-state index in [1.165, 1.54) is 0 Å². The third-order valence-corrected chi connectivity index (χ3v) is 4.74. The van der Waals surface area contributed by atoms with E-state index in [1.54, 1.807) is 25.1 Å². The molecule has 0 unspecified atom stereocenters. The van der Waals surface area contributed by atoms with Crippen LogP contribution in [0.1, 0.15) is 18.4 Å². The molecule has 0 spiro atoms. The Kier molecular flexibility index (Phi) is 7.72. The minimum atomic E-state index is -4.60. The topological polar surface area (TPSA) is 84.9 Å². The standard InChI is InChI=1S/C18H20ClF3N2O5/c1-11-13(19)3-2-4-14(11)23-15(25)9-28-16(26)12-5-7-24(8-6-12)17(27)29-10-18(20,21)22/h2-4,12H,5-10H2,1H3,(H,23,25). The summed E-state index contributed by atoms with van der Waals surface area (Å²) in [5, 5.41) is 3.08. The number of piperidine rings is 1. The number of likely N-dealkylation sites (tertiary alicyclic amines) is 1. The Morgan fingerprint density at radius 3 is 2.48 bits per heavy atom. The molecule has 1 aromatic carbocycles. The van der Waals surface area contributed by atoms with Gasteiger partial charge in [0.05, 0.1) is 5.92 Å². The van der Waals surface area contributed by atoms with Gasteiger partial charge in [0, 0.05) is 23.8 Å². The molecule has 160 valence electrons. The Morgan fingerprint density at radius 1 is 1.21 bits per heavy atom. The minimum absolute atomic E-state index is 0.0599. The predicted octanol–water partition coefficient (Wildman–Crippen LogP) is 3.54. The Balaban J connectivity index is 1.73. The highest BCUT2D eigenvalue weighted by molar-refractivity contribution is 6.31. The first kappa shape index (κ1) is 22.8. The van der Waals surface area contributed by atoms with Gasteiger partial charge >= 0.3 is 18.2 Å². The summed E-state index contributed by atoms with van der Waals surface area (Å²) >= 11 is 5.97. The number of ether oxygens (including phenoxy) is 2. The maximum absolute atomic E-state index is 12.1. The van der Waals surface area contributed by atoms with Gasteiger partial charge in [-0.3, -0.25) is 9.59 Å². The van der Waals surface area contributed by atoms with Crippen molar-refractivity contribution in [2.24, 2.45) is 5.92 Å². The lowest BCUT2D eigenvalue weighted by Gasteiger charge is -2.30. The van der Waals surface area contributed by atoms with Gasteiger partial charge in [0.2, 0.25) is 0 Å². The summed E-state index contributed by atoms with van der Waals surface area (Å²) in [6, 6.07) is 5.01. The van der Waals surface area contributed by atoms with Crippen LogP contribution >= 0.6 is 11.6 Å². The van der Waals surface area contributed by atoms with Crippen LogP contribution < -0.4 is 5.32 Å². The first-order valence-electron chi connectivity index (χ1n) is 8.77. The maximum atomic E-state index is 12.1. The molecular formula is C18H20ClF3N2O5. The zero-order valence-electron chi connectivity index (χ0n) is 15.6. The van der Waals surface area contributed by atoms with E-state index in [0.29, 0.717) is 16.3 Å². The summed E-state index contributed by atoms with van der Waals surface area (Å²) in [6.45, 7) is -0.292. The molecular weight excluding hydrogens is 417 g/mol. The molecule has 1 heterocycles.